The zero-order valence-corrected chi connectivity index (χ0v) is 11.1. The summed E-state index contributed by atoms with van der Waals surface area (Å²) in [5, 5.41) is 13.3. The molecule has 0 saturated carbocycles. The van der Waals surface area contributed by atoms with Crippen molar-refractivity contribution in [3.63, 3.8) is 0 Å². The highest BCUT2D eigenvalue weighted by Crippen LogP contribution is 2.30. The van der Waals surface area contributed by atoms with Gasteiger partial charge in [-0.15, -0.1) is 0 Å². The number of hydrogen-bond donors (Lipinski definition) is 1. The van der Waals surface area contributed by atoms with Gasteiger partial charge in [0.2, 0.25) is 5.91 Å². The van der Waals surface area contributed by atoms with Crippen molar-refractivity contribution in [1.82, 2.24) is 5.32 Å². The Labute approximate surface area is 111 Å². The lowest BCUT2D eigenvalue weighted by Gasteiger charge is -2.20. The van der Waals surface area contributed by atoms with Crippen molar-refractivity contribution in [3.8, 4) is 11.5 Å². The van der Waals surface area contributed by atoms with E-state index in [1.165, 1.54) is 21.1 Å². The van der Waals surface area contributed by atoms with Crippen LogP contribution in [-0.4, -0.2) is 26.1 Å². The van der Waals surface area contributed by atoms with Crippen LogP contribution in [0.1, 0.15) is 24.9 Å². The molecular formula is C13H16NO5-. The number of carboxylic acids is 1. The number of methoxy groups -OCH3 is 2. The summed E-state index contributed by atoms with van der Waals surface area (Å²) in [7, 11) is 2.98. The minimum atomic E-state index is -1.24. The molecule has 1 aromatic rings. The van der Waals surface area contributed by atoms with Crippen molar-refractivity contribution in [1.29, 1.82) is 0 Å². The summed E-state index contributed by atoms with van der Waals surface area (Å²) < 4.78 is 10.2. The second-order valence-electron chi connectivity index (χ2n) is 3.94. The van der Waals surface area contributed by atoms with Crippen molar-refractivity contribution >= 4 is 11.9 Å². The van der Waals surface area contributed by atoms with E-state index in [1.54, 1.807) is 18.2 Å². The molecule has 1 atom stereocenters. The molecular weight excluding hydrogens is 250 g/mol. The van der Waals surface area contributed by atoms with E-state index in [0.717, 1.165) is 0 Å². The zero-order chi connectivity index (χ0) is 14.4. The normalized spacial score (nSPS) is 11.5. The molecule has 104 valence electrons. The van der Waals surface area contributed by atoms with E-state index in [4.69, 9.17) is 9.47 Å². The number of hydrogen-bond acceptors (Lipinski definition) is 5. The van der Waals surface area contributed by atoms with Gasteiger partial charge < -0.3 is 24.7 Å². The summed E-state index contributed by atoms with van der Waals surface area (Å²) in [4.78, 5) is 21.8. The first-order valence-corrected chi connectivity index (χ1v) is 5.66. The van der Waals surface area contributed by atoms with Crippen LogP contribution in [0.5, 0.6) is 11.5 Å². The van der Waals surface area contributed by atoms with Crippen LogP contribution in [-0.2, 0) is 9.59 Å². The van der Waals surface area contributed by atoms with Gasteiger partial charge in [-0.1, -0.05) is 6.07 Å². The smallest absolute Gasteiger partial charge is 0.217 e. The van der Waals surface area contributed by atoms with Gasteiger partial charge in [-0.05, 0) is 17.7 Å². The van der Waals surface area contributed by atoms with Crippen molar-refractivity contribution < 1.29 is 24.2 Å². The van der Waals surface area contributed by atoms with Crippen molar-refractivity contribution in [2.24, 2.45) is 0 Å². The molecule has 1 amide bonds. The molecule has 1 rings (SSSR count). The Bertz CT molecular complexity index is 456. The number of aliphatic carboxylic acids is 1. The molecule has 19 heavy (non-hydrogen) atoms. The molecule has 1 N–H and O–H groups in total. The molecule has 0 fully saturated rings. The fourth-order valence-electron chi connectivity index (χ4n) is 1.73. The summed E-state index contributed by atoms with van der Waals surface area (Å²) in [5.41, 5.74) is 0.608. The molecule has 1 aromatic carbocycles. The van der Waals surface area contributed by atoms with Gasteiger partial charge in [-0.2, -0.15) is 0 Å². The number of carbonyl (C=O) groups excluding carboxylic acids is 2. The van der Waals surface area contributed by atoms with Gasteiger partial charge in [0.25, 0.3) is 0 Å². The third-order valence-corrected chi connectivity index (χ3v) is 2.56. The topological polar surface area (TPSA) is 87.7 Å². The highest BCUT2D eigenvalue weighted by atomic mass is 16.5. The molecule has 0 aliphatic rings. The first-order chi connectivity index (χ1) is 8.97. The van der Waals surface area contributed by atoms with E-state index in [1.807, 2.05) is 0 Å². The summed E-state index contributed by atoms with van der Waals surface area (Å²) in [6.45, 7) is 1.32. The largest absolute Gasteiger partial charge is 0.550 e. The Morgan fingerprint density at radius 3 is 2.37 bits per heavy atom. The van der Waals surface area contributed by atoms with Crippen LogP contribution in [0.2, 0.25) is 0 Å². The molecule has 0 heterocycles. The van der Waals surface area contributed by atoms with Gasteiger partial charge in [0, 0.05) is 19.3 Å². The van der Waals surface area contributed by atoms with Crippen LogP contribution < -0.4 is 19.9 Å². The van der Waals surface area contributed by atoms with Crippen LogP contribution in [0.25, 0.3) is 0 Å². The quantitative estimate of drug-likeness (QED) is 0.784. The van der Waals surface area contributed by atoms with Crippen LogP contribution >= 0.6 is 0 Å². The Balaban J connectivity index is 3.07. The third kappa shape index (κ3) is 4.17. The van der Waals surface area contributed by atoms with E-state index >= 15 is 0 Å². The van der Waals surface area contributed by atoms with Gasteiger partial charge >= 0.3 is 0 Å². The average Bonchev–Trinajstić information content (AvgIpc) is 2.36. The van der Waals surface area contributed by atoms with E-state index in [2.05, 4.69) is 5.32 Å². The fraction of sp³-hybridized carbons (Fsp3) is 0.385. The molecule has 0 aromatic heterocycles. The minimum absolute atomic E-state index is 0.310. The molecule has 0 bridgehead atoms. The van der Waals surface area contributed by atoms with E-state index in [0.29, 0.717) is 17.1 Å². The number of ether oxygens (including phenoxy) is 2. The maximum Gasteiger partial charge on any atom is 0.217 e. The van der Waals surface area contributed by atoms with Gasteiger partial charge in [0.15, 0.2) is 11.5 Å². The van der Waals surface area contributed by atoms with Gasteiger partial charge in [-0.3, -0.25) is 4.79 Å². The predicted molar refractivity (Wildman–Crippen MR) is 65.7 cm³/mol. The monoisotopic (exact) mass is 266 g/mol. The van der Waals surface area contributed by atoms with Crippen molar-refractivity contribution in [2.75, 3.05) is 14.2 Å². The summed E-state index contributed by atoms with van der Waals surface area (Å²) in [5.74, 6) is -0.565. The number of carbonyl (C=O) groups is 2. The van der Waals surface area contributed by atoms with Crippen LogP contribution in [0.15, 0.2) is 18.2 Å². The fourth-order valence-corrected chi connectivity index (χ4v) is 1.73. The Hall–Kier alpha value is -2.24. The average molecular weight is 266 g/mol. The van der Waals surface area contributed by atoms with E-state index in [-0.39, 0.29) is 12.3 Å². The molecule has 1 unspecified atom stereocenters. The van der Waals surface area contributed by atoms with Gasteiger partial charge in [0.05, 0.1) is 20.3 Å². The summed E-state index contributed by atoms with van der Waals surface area (Å²) in [6.07, 6.45) is -0.310. The lowest BCUT2D eigenvalue weighted by Crippen LogP contribution is -2.33. The zero-order valence-electron chi connectivity index (χ0n) is 11.1. The molecule has 0 aliphatic heterocycles. The highest BCUT2D eigenvalue weighted by molar-refractivity contribution is 5.75. The molecule has 6 nitrogen and oxygen atoms in total. The minimum Gasteiger partial charge on any atom is -0.550 e. The number of rotatable bonds is 6. The maximum absolute atomic E-state index is 11.1. The van der Waals surface area contributed by atoms with E-state index in [9.17, 15) is 14.7 Å². The molecule has 0 spiro atoms. The number of nitrogens with one attached hydrogen (secondary N) is 1. The Kier molecular flexibility index (Phi) is 5.17. The predicted octanol–water partition coefficient (Wildman–Crippen LogP) is 0.0210. The number of amides is 1. The molecule has 0 saturated heterocycles. The Morgan fingerprint density at radius 1 is 1.26 bits per heavy atom. The SMILES string of the molecule is COc1ccc(C(CC(=O)[O-])NC(C)=O)cc1OC. The lowest BCUT2D eigenvalue weighted by atomic mass is 10.0. The van der Waals surface area contributed by atoms with Crippen molar-refractivity contribution in [2.45, 2.75) is 19.4 Å². The van der Waals surface area contributed by atoms with Crippen LogP contribution in [0, 0.1) is 0 Å². The van der Waals surface area contributed by atoms with Gasteiger partial charge in [0.1, 0.15) is 0 Å². The summed E-state index contributed by atoms with van der Waals surface area (Å²) in [6, 6.07) is 4.29. The van der Waals surface area contributed by atoms with Crippen LogP contribution in [0.4, 0.5) is 0 Å². The Morgan fingerprint density at radius 2 is 1.89 bits per heavy atom. The van der Waals surface area contributed by atoms with E-state index < -0.39 is 12.0 Å². The summed E-state index contributed by atoms with van der Waals surface area (Å²) >= 11 is 0. The second kappa shape index (κ2) is 6.63. The van der Waals surface area contributed by atoms with Crippen LogP contribution in [0.3, 0.4) is 0 Å². The molecule has 0 radical (unpaired) electrons. The highest BCUT2D eigenvalue weighted by Gasteiger charge is 2.15. The first-order valence-electron chi connectivity index (χ1n) is 5.66. The maximum atomic E-state index is 11.1. The third-order valence-electron chi connectivity index (χ3n) is 2.56. The number of carboxylic acid groups (broad SMARTS) is 1. The van der Waals surface area contributed by atoms with Gasteiger partial charge in [-0.25, -0.2) is 0 Å². The number of benzene rings is 1. The molecule has 6 heteroatoms. The lowest BCUT2D eigenvalue weighted by molar-refractivity contribution is -0.306. The standard InChI is InChI=1S/C13H17NO5/c1-8(15)14-10(7-13(16)17)9-4-5-11(18-2)12(6-9)19-3/h4-6,10H,7H2,1-3H3,(H,14,15)(H,16,17)/p-1. The van der Waals surface area contributed by atoms with Crippen molar-refractivity contribution in [3.05, 3.63) is 23.8 Å². The molecule has 0 aliphatic carbocycles. The second-order valence-corrected chi connectivity index (χ2v) is 3.94. The first kappa shape index (κ1) is 14.8.